The van der Waals surface area contributed by atoms with Gasteiger partial charge in [0.2, 0.25) is 0 Å². The zero-order valence-electron chi connectivity index (χ0n) is 8.24. The molecule has 13 heavy (non-hydrogen) atoms. The molecule has 0 saturated heterocycles. The molecular weight excluding hydrogens is 184 g/mol. The van der Waals surface area contributed by atoms with Crippen LogP contribution in [-0.2, 0) is 0 Å². The molecule has 0 amide bonds. The van der Waals surface area contributed by atoms with Gasteiger partial charge in [-0.2, -0.15) is 0 Å². The summed E-state index contributed by atoms with van der Waals surface area (Å²) in [5.41, 5.74) is 1.06. The van der Waals surface area contributed by atoms with E-state index in [4.69, 9.17) is 5.11 Å². The number of nitrogens with one attached hydrogen (secondary N) is 1. The lowest BCUT2D eigenvalue weighted by molar-refractivity contribution is 0.187. The van der Waals surface area contributed by atoms with Crippen LogP contribution in [0.15, 0.2) is 5.38 Å². The standard InChI is InChI=1S/C9H16N2OS/c1-6(12)4-10-7(2)9-5-13-8(3)11-9/h5-7,10,12H,4H2,1-3H3. The Bertz CT molecular complexity index is 260. The number of hydrogen-bond donors (Lipinski definition) is 2. The van der Waals surface area contributed by atoms with Crippen LogP contribution in [-0.4, -0.2) is 22.7 Å². The van der Waals surface area contributed by atoms with Crippen molar-refractivity contribution in [2.24, 2.45) is 0 Å². The number of aryl methyl sites for hydroxylation is 1. The maximum Gasteiger partial charge on any atom is 0.0898 e. The molecule has 1 aromatic heterocycles. The molecule has 0 radical (unpaired) electrons. The highest BCUT2D eigenvalue weighted by Gasteiger charge is 2.08. The minimum atomic E-state index is -0.304. The molecule has 1 heterocycles. The van der Waals surface area contributed by atoms with Crippen LogP contribution in [0, 0.1) is 6.92 Å². The van der Waals surface area contributed by atoms with E-state index in [0.29, 0.717) is 6.54 Å². The molecule has 0 aliphatic heterocycles. The quantitative estimate of drug-likeness (QED) is 0.774. The van der Waals surface area contributed by atoms with E-state index in [-0.39, 0.29) is 12.1 Å². The van der Waals surface area contributed by atoms with Crippen LogP contribution < -0.4 is 5.32 Å². The number of aliphatic hydroxyl groups is 1. The first-order valence-electron chi connectivity index (χ1n) is 4.43. The molecule has 3 nitrogen and oxygen atoms in total. The molecule has 0 saturated carbocycles. The van der Waals surface area contributed by atoms with Gasteiger partial charge in [-0.05, 0) is 20.8 Å². The molecule has 1 rings (SSSR count). The van der Waals surface area contributed by atoms with Crippen LogP contribution in [0.2, 0.25) is 0 Å². The maximum absolute atomic E-state index is 9.07. The minimum absolute atomic E-state index is 0.222. The molecule has 1 aromatic rings. The first-order valence-corrected chi connectivity index (χ1v) is 5.31. The van der Waals surface area contributed by atoms with Gasteiger partial charge in [-0.15, -0.1) is 11.3 Å². The number of aliphatic hydroxyl groups excluding tert-OH is 1. The summed E-state index contributed by atoms with van der Waals surface area (Å²) in [6.07, 6.45) is -0.304. The van der Waals surface area contributed by atoms with Gasteiger partial charge in [0.25, 0.3) is 0 Å². The fourth-order valence-corrected chi connectivity index (χ4v) is 1.74. The van der Waals surface area contributed by atoms with Crippen LogP contribution in [0.3, 0.4) is 0 Å². The van der Waals surface area contributed by atoms with Gasteiger partial charge in [-0.3, -0.25) is 0 Å². The topological polar surface area (TPSA) is 45.2 Å². The van der Waals surface area contributed by atoms with Gasteiger partial charge in [0.1, 0.15) is 0 Å². The Morgan fingerprint density at radius 2 is 2.31 bits per heavy atom. The van der Waals surface area contributed by atoms with Crippen LogP contribution in [0.1, 0.15) is 30.6 Å². The van der Waals surface area contributed by atoms with Crippen molar-refractivity contribution < 1.29 is 5.11 Å². The first-order chi connectivity index (χ1) is 6.09. The van der Waals surface area contributed by atoms with E-state index in [2.05, 4.69) is 22.6 Å². The average molecular weight is 200 g/mol. The summed E-state index contributed by atoms with van der Waals surface area (Å²) in [5, 5.41) is 15.4. The second-order valence-electron chi connectivity index (χ2n) is 3.27. The summed E-state index contributed by atoms with van der Waals surface area (Å²) in [4.78, 5) is 4.36. The van der Waals surface area contributed by atoms with E-state index >= 15 is 0 Å². The van der Waals surface area contributed by atoms with Crippen LogP contribution in [0.4, 0.5) is 0 Å². The fourth-order valence-electron chi connectivity index (χ4n) is 1.03. The molecule has 0 aliphatic carbocycles. The summed E-state index contributed by atoms with van der Waals surface area (Å²) in [5.74, 6) is 0. The second-order valence-corrected chi connectivity index (χ2v) is 4.33. The van der Waals surface area contributed by atoms with Crippen LogP contribution >= 0.6 is 11.3 Å². The third-order valence-electron chi connectivity index (χ3n) is 1.80. The Morgan fingerprint density at radius 1 is 1.62 bits per heavy atom. The highest BCUT2D eigenvalue weighted by Crippen LogP contribution is 2.15. The molecule has 0 spiro atoms. The van der Waals surface area contributed by atoms with E-state index in [0.717, 1.165) is 10.7 Å². The molecule has 0 bridgehead atoms. The molecule has 4 heteroatoms. The number of nitrogens with zero attached hydrogens (tertiary/aromatic N) is 1. The largest absolute Gasteiger partial charge is 0.392 e. The fraction of sp³-hybridized carbons (Fsp3) is 0.667. The predicted octanol–water partition coefficient (Wildman–Crippen LogP) is 1.48. The lowest BCUT2D eigenvalue weighted by Crippen LogP contribution is -2.27. The Hall–Kier alpha value is -0.450. The summed E-state index contributed by atoms with van der Waals surface area (Å²) in [6, 6.07) is 0.222. The second kappa shape index (κ2) is 4.69. The zero-order chi connectivity index (χ0) is 9.84. The van der Waals surface area contributed by atoms with Gasteiger partial charge in [-0.1, -0.05) is 0 Å². The van der Waals surface area contributed by atoms with Crippen molar-refractivity contribution in [1.29, 1.82) is 0 Å². The lowest BCUT2D eigenvalue weighted by atomic mass is 10.2. The average Bonchev–Trinajstić information content (AvgIpc) is 2.47. The van der Waals surface area contributed by atoms with Crippen molar-refractivity contribution in [3.63, 3.8) is 0 Å². The van der Waals surface area contributed by atoms with E-state index in [1.165, 1.54) is 0 Å². The van der Waals surface area contributed by atoms with Crippen LogP contribution in [0.5, 0.6) is 0 Å². The smallest absolute Gasteiger partial charge is 0.0898 e. The number of thiazole rings is 1. The van der Waals surface area contributed by atoms with Gasteiger partial charge >= 0.3 is 0 Å². The van der Waals surface area contributed by atoms with Crippen molar-refractivity contribution >= 4 is 11.3 Å². The van der Waals surface area contributed by atoms with E-state index in [9.17, 15) is 0 Å². The summed E-state index contributed by atoms with van der Waals surface area (Å²) < 4.78 is 0. The third kappa shape index (κ3) is 3.42. The molecule has 2 atom stereocenters. The van der Waals surface area contributed by atoms with Gasteiger partial charge in [0, 0.05) is 18.0 Å². The highest BCUT2D eigenvalue weighted by atomic mass is 32.1. The normalized spacial score (nSPS) is 15.7. The van der Waals surface area contributed by atoms with E-state index < -0.39 is 0 Å². The Labute approximate surface area is 82.8 Å². The van der Waals surface area contributed by atoms with Gasteiger partial charge in [-0.25, -0.2) is 4.98 Å². The number of hydrogen-bond acceptors (Lipinski definition) is 4. The Morgan fingerprint density at radius 3 is 2.77 bits per heavy atom. The molecule has 2 unspecified atom stereocenters. The van der Waals surface area contributed by atoms with Gasteiger partial charge < -0.3 is 10.4 Å². The lowest BCUT2D eigenvalue weighted by Gasteiger charge is -2.12. The van der Waals surface area contributed by atoms with Gasteiger partial charge in [0.05, 0.1) is 16.8 Å². The van der Waals surface area contributed by atoms with E-state index in [1.807, 2.05) is 6.92 Å². The van der Waals surface area contributed by atoms with Crippen molar-refractivity contribution in [3.8, 4) is 0 Å². The van der Waals surface area contributed by atoms with Crippen molar-refractivity contribution in [1.82, 2.24) is 10.3 Å². The summed E-state index contributed by atoms with van der Waals surface area (Å²) in [6.45, 7) is 6.43. The molecule has 0 fully saturated rings. The zero-order valence-corrected chi connectivity index (χ0v) is 9.06. The predicted molar refractivity (Wildman–Crippen MR) is 54.9 cm³/mol. The van der Waals surface area contributed by atoms with Crippen molar-refractivity contribution in [2.75, 3.05) is 6.54 Å². The van der Waals surface area contributed by atoms with E-state index in [1.54, 1.807) is 18.3 Å². The molecule has 0 aliphatic rings. The number of aromatic nitrogens is 1. The third-order valence-corrected chi connectivity index (χ3v) is 2.59. The minimum Gasteiger partial charge on any atom is -0.392 e. The highest BCUT2D eigenvalue weighted by molar-refractivity contribution is 7.09. The summed E-state index contributed by atoms with van der Waals surface area (Å²) in [7, 11) is 0. The molecular formula is C9H16N2OS. The monoisotopic (exact) mass is 200 g/mol. The SMILES string of the molecule is Cc1nc(C(C)NCC(C)O)cs1. The molecule has 0 aromatic carbocycles. The number of rotatable bonds is 4. The van der Waals surface area contributed by atoms with Crippen molar-refractivity contribution in [2.45, 2.75) is 32.9 Å². The van der Waals surface area contributed by atoms with Crippen LogP contribution in [0.25, 0.3) is 0 Å². The van der Waals surface area contributed by atoms with Crippen molar-refractivity contribution in [3.05, 3.63) is 16.1 Å². The maximum atomic E-state index is 9.07. The first kappa shape index (κ1) is 10.6. The van der Waals surface area contributed by atoms with Gasteiger partial charge in [0.15, 0.2) is 0 Å². The molecule has 2 N–H and O–H groups in total. The Balaban J connectivity index is 2.44. The summed E-state index contributed by atoms with van der Waals surface area (Å²) >= 11 is 1.65. The molecule has 74 valence electrons. The Kier molecular flexibility index (Phi) is 3.84.